The summed E-state index contributed by atoms with van der Waals surface area (Å²) < 4.78 is 0. The predicted molar refractivity (Wildman–Crippen MR) is 61.2 cm³/mol. The number of carboxylic acids is 1. The minimum absolute atomic E-state index is 0.320. The van der Waals surface area contributed by atoms with Crippen LogP contribution in [0.25, 0.3) is 0 Å². The second-order valence-corrected chi connectivity index (χ2v) is 3.80. The van der Waals surface area contributed by atoms with Gasteiger partial charge in [0.1, 0.15) is 6.04 Å². The van der Waals surface area contributed by atoms with Crippen molar-refractivity contribution in [2.24, 2.45) is 0 Å². The summed E-state index contributed by atoms with van der Waals surface area (Å²) in [7, 11) is 0. The number of carbonyl (C=O) groups excluding carboxylic acids is 1. The summed E-state index contributed by atoms with van der Waals surface area (Å²) in [6, 6.07) is -1.31. The Morgan fingerprint density at radius 1 is 1.60 bits per heavy atom. The Hall–Kier alpha value is -1.17. The molecule has 0 aliphatic carbocycles. The van der Waals surface area contributed by atoms with Gasteiger partial charge in [0.05, 0.1) is 0 Å². The van der Waals surface area contributed by atoms with E-state index in [-0.39, 0.29) is 0 Å². The van der Waals surface area contributed by atoms with Crippen molar-refractivity contribution in [1.82, 2.24) is 10.6 Å². The van der Waals surface area contributed by atoms with Crippen molar-refractivity contribution in [2.45, 2.75) is 12.5 Å². The van der Waals surface area contributed by atoms with Gasteiger partial charge in [-0.2, -0.15) is 11.8 Å². The number of carboxylic acid groups (broad SMARTS) is 1. The fraction of sp³-hybridized carbons (Fsp3) is 0.556. The minimum atomic E-state index is -1.02. The lowest BCUT2D eigenvalue weighted by Crippen LogP contribution is -2.46. The Morgan fingerprint density at radius 3 is 2.73 bits per heavy atom. The molecule has 1 atom stereocenters. The molecule has 0 spiro atoms. The van der Waals surface area contributed by atoms with Crippen molar-refractivity contribution < 1.29 is 14.7 Å². The third-order valence-electron chi connectivity index (χ3n) is 1.62. The minimum Gasteiger partial charge on any atom is -0.480 e. The van der Waals surface area contributed by atoms with Gasteiger partial charge in [0, 0.05) is 6.54 Å². The molecule has 0 aromatic rings. The van der Waals surface area contributed by atoms with E-state index in [1.54, 1.807) is 11.8 Å². The van der Waals surface area contributed by atoms with Gasteiger partial charge in [-0.3, -0.25) is 0 Å². The highest BCUT2D eigenvalue weighted by Crippen LogP contribution is 2.00. The van der Waals surface area contributed by atoms with Crippen molar-refractivity contribution in [3.8, 4) is 0 Å². The first-order valence-electron chi connectivity index (χ1n) is 4.48. The van der Waals surface area contributed by atoms with Crippen LogP contribution < -0.4 is 10.6 Å². The lowest BCUT2D eigenvalue weighted by atomic mass is 10.2. The van der Waals surface area contributed by atoms with Crippen LogP contribution in [-0.4, -0.2) is 41.7 Å². The van der Waals surface area contributed by atoms with Gasteiger partial charge >= 0.3 is 12.0 Å². The second-order valence-electron chi connectivity index (χ2n) is 2.82. The first-order valence-corrected chi connectivity index (χ1v) is 5.88. The number of thioether (sulfide) groups is 1. The van der Waals surface area contributed by atoms with Crippen LogP contribution in [0.3, 0.4) is 0 Å². The number of amides is 2. The zero-order valence-electron chi connectivity index (χ0n) is 8.66. The summed E-state index contributed by atoms with van der Waals surface area (Å²) in [6.45, 7) is 3.75. The highest BCUT2D eigenvalue weighted by molar-refractivity contribution is 7.98. The van der Waals surface area contributed by atoms with Crippen LogP contribution in [0.4, 0.5) is 4.79 Å². The second kappa shape index (κ2) is 8.16. The largest absolute Gasteiger partial charge is 0.480 e. The van der Waals surface area contributed by atoms with Gasteiger partial charge in [0.15, 0.2) is 0 Å². The lowest BCUT2D eigenvalue weighted by molar-refractivity contribution is -0.139. The van der Waals surface area contributed by atoms with Crippen molar-refractivity contribution in [1.29, 1.82) is 0 Å². The summed E-state index contributed by atoms with van der Waals surface area (Å²) in [5.74, 6) is -0.323. The summed E-state index contributed by atoms with van der Waals surface area (Å²) >= 11 is 1.54. The molecular formula is C9H16N2O3S. The molecule has 0 saturated carbocycles. The van der Waals surface area contributed by atoms with Crippen molar-refractivity contribution in [3.05, 3.63) is 12.7 Å². The van der Waals surface area contributed by atoms with Gasteiger partial charge in [0.2, 0.25) is 0 Å². The van der Waals surface area contributed by atoms with E-state index >= 15 is 0 Å². The zero-order valence-corrected chi connectivity index (χ0v) is 9.47. The molecule has 0 unspecified atom stereocenters. The van der Waals surface area contributed by atoms with Gasteiger partial charge in [-0.05, 0) is 18.4 Å². The molecule has 0 radical (unpaired) electrons. The molecule has 0 fully saturated rings. The molecule has 0 saturated heterocycles. The van der Waals surface area contributed by atoms with Crippen LogP contribution in [0.15, 0.2) is 12.7 Å². The number of urea groups is 1. The maximum absolute atomic E-state index is 11.1. The molecule has 3 N–H and O–H groups in total. The number of carbonyl (C=O) groups is 2. The van der Waals surface area contributed by atoms with E-state index in [1.807, 2.05) is 6.26 Å². The number of nitrogens with one attached hydrogen (secondary N) is 2. The van der Waals surface area contributed by atoms with Crippen LogP contribution in [0, 0.1) is 0 Å². The molecule has 0 bridgehead atoms. The van der Waals surface area contributed by atoms with Crippen LogP contribution >= 0.6 is 11.8 Å². The SMILES string of the molecule is C=CCNC(=O)N[C@@H](CCSC)C(=O)O. The Kier molecular flexibility index (Phi) is 7.53. The van der Waals surface area contributed by atoms with E-state index in [9.17, 15) is 9.59 Å². The maximum Gasteiger partial charge on any atom is 0.326 e. The molecule has 2 amide bonds. The highest BCUT2D eigenvalue weighted by Gasteiger charge is 2.18. The van der Waals surface area contributed by atoms with Crippen molar-refractivity contribution >= 4 is 23.8 Å². The van der Waals surface area contributed by atoms with E-state index in [4.69, 9.17) is 5.11 Å². The van der Waals surface area contributed by atoms with Gasteiger partial charge in [-0.25, -0.2) is 9.59 Å². The average Bonchev–Trinajstić information content (AvgIpc) is 2.20. The third-order valence-corrected chi connectivity index (χ3v) is 2.26. The molecule has 5 nitrogen and oxygen atoms in total. The molecule has 0 heterocycles. The molecular weight excluding hydrogens is 216 g/mol. The molecule has 0 aromatic heterocycles. The van der Waals surface area contributed by atoms with E-state index in [0.717, 1.165) is 0 Å². The van der Waals surface area contributed by atoms with Crippen LogP contribution in [0.2, 0.25) is 0 Å². The molecule has 0 aromatic carbocycles. The van der Waals surface area contributed by atoms with Crippen LogP contribution in [0.1, 0.15) is 6.42 Å². The van der Waals surface area contributed by atoms with E-state index < -0.39 is 18.0 Å². The lowest BCUT2D eigenvalue weighted by Gasteiger charge is -2.13. The Labute approximate surface area is 93.3 Å². The normalized spacial score (nSPS) is 11.5. The Balaban J connectivity index is 3.98. The van der Waals surface area contributed by atoms with Crippen LogP contribution in [0.5, 0.6) is 0 Å². The first kappa shape index (κ1) is 13.8. The topological polar surface area (TPSA) is 78.4 Å². The fourth-order valence-corrected chi connectivity index (χ4v) is 1.34. The third kappa shape index (κ3) is 6.84. The van der Waals surface area contributed by atoms with E-state index in [2.05, 4.69) is 17.2 Å². The van der Waals surface area contributed by atoms with Gasteiger partial charge in [0.25, 0.3) is 0 Å². The molecule has 0 aliphatic heterocycles. The Bertz CT molecular complexity index is 233. The monoisotopic (exact) mass is 232 g/mol. The standard InChI is InChI=1S/C9H16N2O3S/c1-3-5-10-9(14)11-7(8(12)13)4-6-15-2/h3,7H,1,4-6H2,2H3,(H,12,13)(H2,10,11,14)/t7-/m0/s1. The summed E-state index contributed by atoms with van der Waals surface area (Å²) in [5, 5.41) is 13.6. The van der Waals surface area contributed by atoms with Gasteiger partial charge in [-0.15, -0.1) is 6.58 Å². The summed E-state index contributed by atoms with van der Waals surface area (Å²) in [5.41, 5.74) is 0. The molecule has 0 aliphatic rings. The fourth-order valence-electron chi connectivity index (χ4n) is 0.867. The zero-order chi connectivity index (χ0) is 11.7. The number of aliphatic carboxylic acids is 1. The van der Waals surface area contributed by atoms with Gasteiger partial charge in [-0.1, -0.05) is 6.08 Å². The van der Waals surface area contributed by atoms with Gasteiger partial charge < -0.3 is 15.7 Å². The molecule has 0 rings (SSSR count). The highest BCUT2D eigenvalue weighted by atomic mass is 32.2. The Morgan fingerprint density at radius 2 is 2.27 bits per heavy atom. The molecule has 15 heavy (non-hydrogen) atoms. The number of hydrogen-bond donors (Lipinski definition) is 3. The van der Waals surface area contributed by atoms with Crippen molar-refractivity contribution in [3.63, 3.8) is 0 Å². The average molecular weight is 232 g/mol. The van der Waals surface area contributed by atoms with E-state index in [0.29, 0.717) is 18.7 Å². The summed E-state index contributed by atoms with van der Waals surface area (Å²) in [4.78, 5) is 21.9. The number of hydrogen-bond acceptors (Lipinski definition) is 3. The molecule has 6 heteroatoms. The smallest absolute Gasteiger partial charge is 0.326 e. The maximum atomic E-state index is 11.1. The summed E-state index contributed by atoms with van der Waals surface area (Å²) in [6.07, 6.45) is 3.83. The quantitative estimate of drug-likeness (QED) is 0.564. The first-order chi connectivity index (χ1) is 7.11. The molecule has 86 valence electrons. The van der Waals surface area contributed by atoms with Crippen LogP contribution in [-0.2, 0) is 4.79 Å². The van der Waals surface area contributed by atoms with Crippen molar-refractivity contribution in [2.75, 3.05) is 18.6 Å². The number of rotatable bonds is 7. The predicted octanol–water partition coefficient (Wildman–Crippen LogP) is 0.678. The van der Waals surface area contributed by atoms with E-state index in [1.165, 1.54) is 6.08 Å².